The fourth-order valence-electron chi connectivity index (χ4n) is 1.49. The number of hydrogen-bond acceptors (Lipinski definition) is 3. The molecule has 0 aliphatic carbocycles. The second-order valence-corrected chi connectivity index (χ2v) is 3.84. The number of nitrogens with one attached hydrogen (secondary N) is 1. The van der Waals surface area contributed by atoms with E-state index in [4.69, 9.17) is 0 Å². The third-order valence-electron chi connectivity index (χ3n) is 2.54. The number of aliphatic imine (C=N–C) groups is 1. The highest BCUT2D eigenvalue weighted by molar-refractivity contribution is 6.14. The van der Waals surface area contributed by atoms with E-state index < -0.39 is 0 Å². The van der Waals surface area contributed by atoms with E-state index in [-0.39, 0.29) is 17.7 Å². The molecule has 1 aliphatic heterocycles. The van der Waals surface area contributed by atoms with Gasteiger partial charge in [-0.2, -0.15) is 0 Å². The van der Waals surface area contributed by atoms with Gasteiger partial charge in [-0.25, -0.2) is 0 Å². The summed E-state index contributed by atoms with van der Waals surface area (Å²) in [5.41, 5.74) is 1.48. The van der Waals surface area contributed by atoms with Crippen molar-refractivity contribution in [1.82, 2.24) is 5.32 Å². The molecule has 4 heteroatoms. The molecule has 21 heavy (non-hydrogen) atoms. The van der Waals surface area contributed by atoms with Gasteiger partial charge >= 0.3 is 0 Å². The van der Waals surface area contributed by atoms with E-state index in [0.29, 0.717) is 18.6 Å². The van der Waals surface area contributed by atoms with Crippen molar-refractivity contribution in [2.75, 3.05) is 0 Å². The number of allylic oxidation sites excluding steroid dienone is 3. The molecule has 0 aromatic heterocycles. The Morgan fingerprint density at radius 2 is 1.76 bits per heavy atom. The SMILES string of the molecule is C=CC(=N/C=C(/C)C=C)C1CCC(=O)NC1=O.CC.CC. The van der Waals surface area contributed by atoms with Crippen molar-refractivity contribution in [2.45, 2.75) is 47.5 Å². The number of carbonyl (C=O) groups is 2. The van der Waals surface area contributed by atoms with Gasteiger partial charge in [0.15, 0.2) is 0 Å². The highest BCUT2D eigenvalue weighted by Crippen LogP contribution is 2.15. The van der Waals surface area contributed by atoms with E-state index in [1.54, 1.807) is 18.4 Å². The molecule has 118 valence electrons. The maximum Gasteiger partial charge on any atom is 0.235 e. The van der Waals surface area contributed by atoms with Gasteiger partial charge in [-0.15, -0.1) is 0 Å². The van der Waals surface area contributed by atoms with Crippen LogP contribution in [0.1, 0.15) is 47.5 Å². The number of imide groups is 1. The van der Waals surface area contributed by atoms with Gasteiger partial charge in [0, 0.05) is 12.6 Å². The first-order valence-corrected chi connectivity index (χ1v) is 7.41. The second-order valence-electron chi connectivity index (χ2n) is 3.84. The van der Waals surface area contributed by atoms with Crippen LogP contribution in [0.2, 0.25) is 0 Å². The molecule has 0 saturated carbocycles. The Balaban J connectivity index is 0. The minimum absolute atomic E-state index is 0.229. The number of hydrogen-bond donors (Lipinski definition) is 1. The molecule has 1 atom stereocenters. The van der Waals surface area contributed by atoms with Crippen LogP contribution in [-0.2, 0) is 9.59 Å². The minimum Gasteiger partial charge on any atom is -0.296 e. The largest absolute Gasteiger partial charge is 0.296 e. The molecule has 1 fully saturated rings. The van der Waals surface area contributed by atoms with Crippen molar-refractivity contribution in [2.24, 2.45) is 10.9 Å². The van der Waals surface area contributed by atoms with E-state index in [1.807, 2.05) is 34.6 Å². The van der Waals surface area contributed by atoms with Gasteiger partial charge in [-0.3, -0.25) is 19.9 Å². The van der Waals surface area contributed by atoms with Gasteiger partial charge in [0.1, 0.15) is 0 Å². The minimum atomic E-state index is -0.390. The normalized spacial score (nSPS) is 18.4. The monoisotopic (exact) mass is 292 g/mol. The molecular weight excluding hydrogens is 264 g/mol. The molecule has 1 unspecified atom stereocenters. The van der Waals surface area contributed by atoms with E-state index in [0.717, 1.165) is 5.57 Å². The molecule has 0 aromatic rings. The van der Waals surface area contributed by atoms with Gasteiger partial charge in [0.05, 0.1) is 11.6 Å². The highest BCUT2D eigenvalue weighted by Gasteiger charge is 2.29. The fraction of sp³-hybridized carbons (Fsp3) is 0.471. The summed E-state index contributed by atoms with van der Waals surface area (Å²) in [5, 5.41) is 2.30. The molecule has 1 saturated heterocycles. The Hall–Kier alpha value is -1.97. The van der Waals surface area contributed by atoms with Crippen LogP contribution in [0.4, 0.5) is 0 Å². The quantitative estimate of drug-likeness (QED) is 0.486. The van der Waals surface area contributed by atoms with E-state index in [2.05, 4.69) is 23.5 Å². The summed E-state index contributed by atoms with van der Waals surface area (Å²) in [7, 11) is 0. The van der Waals surface area contributed by atoms with Gasteiger partial charge in [0.2, 0.25) is 11.8 Å². The van der Waals surface area contributed by atoms with Crippen LogP contribution < -0.4 is 5.32 Å². The Morgan fingerprint density at radius 3 is 2.19 bits per heavy atom. The topological polar surface area (TPSA) is 58.5 Å². The average Bonchev–Trinajstić information content (AvgIpc) is 2.53. The number of piperidine rings is 1. The maximum atomic E-state index is 11.6. The molecule has 1 rings (SSSR count). The molecule has 0 spiro atoms. The fourth-order valence-corrected chi connectivity index (χ4v) is 1.49. The maximum absolute atomic E-state index is 11.6. The van der Waals surface area contributed by atoms with Gasteiger partial charge in [-0.1, -0.05) is 46.9 Å². The third-order valence-corrected chi connectivity index (χ3v) is 2.54. The van der Waals surface area contributed by atoms with Crippen molar-refractivity contribution in [3.8, 4) is 0 Å². The number of nitrogens with zero attached hydrogens (tertiary/aromatic N) is 1. The lowest BCUT2D eigenvalue weighted by Crippen LogP contribution is -2.43. The lowest BCUT2D eigenvalue weighted by molar-refractivity contribution is -0.134. The molecule has 4 nitrogen and oxygen atoms in total. The predicted octanol–water partition coefficient (Wildman–Crippen LogP) is 3.81. The Morgan fingerprint density at radius 1 is 1.19 bits per heavy atom. The molecule has 1 heterocycles. The van der Waals surface area contributed by atoms with E-state index in [9.17, 15) is 9.59 Å². The van der Waals surface area contributed by atoms with Crippen molar-refractivity contribution < 1.29 is 9.59 Å². The predicted molar refractivity (Wildman–Crippen MR) is 90.2 cm³/mol. The molecular formula is C17H28N2O2. The molecule has 0 radical (unpaired) electrons. The van der Waals surface area contributed by atoms with Gasteiger partial charge in [0.25, 0.3) is 0 Å². The van der Waals surface area contributed by atoms with Crippen LogP contribution in [0.3, 0.4) is 0 Å². The first-order valence-electron chi connectivity index (χ1n) is 7.41. The Bertz CT molecular complexity index is 421. The Kier molecular flexibility index (Phi) is 13.2. The lowest BCUT2D eigenvalue weighted by atomic mass is 9.93. The first-order chi connectivity index (χ1) is 10.1. The van der Waals surface area contributed by atoms with Crippen LogP contribution in [0, 0.1) is 5.92 Å². The summed E-state index contributed by atoms with van der Waals surface area (Å²) in [6.07, 6.45) is 5.68. The van der Waals surface area contributed by atoms with Crippen LogP contribution in [0.5, 0.6) is 0 Å². The smallest absolute Gasteiger partial charge is 0.235 e. The molecule has 1 aliphatic rings. The molecule has 1 N–H and O–H groups in total. The summed E-state index contributed by atoms with van der Waals surface area (Å²) in [5.74, 6) is -0.920. The number of amides is 2. The first kappa shape index (κ1) is 21.3. The summed E-state index contributed by atoms with van der Waals surface area (Å²) in [4.78, 5) is 26.8. The van der Waals surface area contributed by atoms with Crippen molar-refractivity contribution in [3.63, 3.8) is 0 Å². The number of rotatable bonds is 4. The summed E-state index contributed by atoms with van der Waals surface area (Å²) < 4.78 is 0. The zero-order valence-electron chi connectivity index (χ0n) is 13.9. The molecule has 0 aromatic carbocycles. The zero-order valence-corrected chi connectivity index (χ0v) is 13.9. The molecule has 2 amide bonds. The summed E-state index contributed by atoms with van der Waals surface area (Å²) in [6.45, 7) is 17.1. The van der Waals surface area contributed by atoms with E-state index >= 15 is 0 Å². The third kappa shape index (κ3) is 8.02. The Labute approximate surface area is 128 Å². The highest BCUT2D eigenvalue weighted by atomic mass is 16.2. The standard InChI is InChI=1S/C13H16N2O2.2C2H6/c1-4-9(3)8-14-11(5-2)10-6-7-12(16)15-13(10)17;2*1-2/h4-5,8,10H,1-2,6-7H2,3H3,(H,15,16,17);2*1-2H3/b9-8-,14-11?;;. The molecule has 0 bridgehead atoms. The average molecular weight is 292 g/mol. The number of carbonyl (C=O) groups excluding carboxylic acids is 2. The summed E-state index contributed by atoms with van der Waals surface area (Å²) >= 11 is 0. The lowest BCUT2D eigenvalue weighted by Gasteiger charge is -2.20. The zero-order chi connectivity index (χ0) is 16.8. The van der Waals surface area contributed by atoms with Crippen molar-refractivity contribution in [3.05, 3.63) is 37.1 Å². The van der Waals surface area contributed by atoms with Gasteiger partial charge < -0.3 is 0 Å². The van der Waals surface area contributed by atoms with Crippen LogP contribution in [0.25, 0.3) is 0 Å². The second kappa shape index (κ2) is 13.0. The summed E-state index contributed by atoms with van der Waals surface area (Å²) in [6, 6.07) is 0. The van der Waals surface area contributed by atoms with Crippen molar-refractivity contribution in [1.29, 1.82) is 0 Å². The van der Waals surface area contributed by atoms with Crippen LogP contribution in [0.15, 0.2) is 42.1 Å². The van der Waals surface area contributed by atoms with Crippen LogP contribution in [-0.4, -0.2) is 17.5 Å². The van der Waals surface area contributed by atoms with E-state index in [1.165, 1.54) is 0 Å². The van der Waals surface area contributed by atoms with Crippen LogP contribution >= 0.6 is 0 Å². The van der Waals surface area contributed by atoms with Crippen molar-refractivity contribution >= 4 is 17.5 Å². The van der Waals surface area contributed by atoms with Gasteiger partial charge in [-0.05, 0) is 25.0 Å².